The number of hydrogen-bond acceptors (Lipinski definition) is 5. The fourth-order valence-electron chi connectivity index (χ4n) is 3.07. The average Bonchev–Trinajstić information content (AvgIpc) is 3.09. The maximum Gasteiger partial charge on any atom is 0.223 e. The molecule has 0 saturated carbocycles. The highest BCUT2D eigenvalue weighted by Gasteiger charge is 2.21. The van der Waals surface area contributed by atoms with Gasteiger partial charge < -0.3 is 19.5 Å². The van der Waals surface area contributed by atoms with Gasteiger partial charge in [0.25, 0.3) is 0 Å². The molecular weight excluding hydrogens is 316 g/mol. The second-order valence-electron chi connectivity index (χ2n) is 6.43. The number of rotatable bonds is 6. The summed E-state index contributed by atoms with van der Waals surface area (Å²) >= 11 is 0. The van der Waals surface area contributed by atoms with Crippen molar-refractivity contribution in [2.45, 2.75) is 26.3 Å². The molecule has 1 amide bonds. The standard InChI is InChI=1S/C19H26N4O2/c1-15-6-7-17(25-15)16(2)20-10-8-19(24)23-13-11-22(12-14-23)18-5-3-4-9-21-18/h3-7,9,16,20H,8,10-14H2,1-2H3. The van der Waals surface area contributed by atoms with E-state index >= 15 is 0 Å². The molecule has 134 valence electrons. The van der Waals surface area contributed by atoms with E-state index in [-0.39, 0.29) is 11.9 Å². The molecule has 1 unspecified atom stereocenters. The van der Waals surface area contributed by atoms with Gasteiger partial charge >= 0.3 is 0 Å². The van der Waals surface area contributed by atoms with Crippen LogP contribution < -0.4 is 10.2 Å². The van der Waals surface area contributed by atoms with E-state index in [1.807, 2.05) is 49.1 Å². The molecule has 1 atom stereocenters. The van der Waals surface area contributed by atoms with E-state index in [2.05, 4.69) is 15.2 Å². The Morgan fingerprint density at radius 3 is 2.68 bits per heavy atom. The van der Waals surface area contributed by atoms with Crippen molar-refractivity contribution in [3.8, 4) is 0 Å². The number of aryl methyl sites for hydroxylation is 1. The fourth-order valence-corrected chi connectivity index (χ4v) is 3.07. The summed E-state index contributed by atoms with van der Waals surface area (Å²) in [6.45, 7) is 7.81. The van der Waals surface area contributed by atoms with Crippen LogP contribution >= 0.6 is 0 Å². The number of amides is 1. The van der Waals surface area contributed by atoms with Gasteiger partial charge in [-0.3, -0.25) is 4.79 Å². The van der Waals surface area contributed by atoms with Crippen LogP contribution in [0.1, 0.15) is 30.9 Å². The van der Waals surface area contributed by atoms with Crippen molar-refractivity contribution in [1.29, 1.82) is 0 Å². The van der Waals surface area contributed by atoms with Gasteiger partial charge in [0, 0.05) is 45.3 Å². The zero-order valence-corrected chi connectivity index (χ0v) is 14.9. The number of nitrogens with zero attached hydrogens (tertiary/aromatic N) is 3. The monoisotopic (exact) mass is 342 g/mol. The molecule has 3 rings (SSSR count). The zero-order chi connectivity index (χ0) is 17.6. The molecule has 0 aliphatic carbocycles. The second kappa shape index (κ2) is 8.16. The van der Waals surface area contributed by atoms with E-state index in [1.54, 1.807) is 6.20 Å². The highest BCUT2D eigenvalue weighted by Crippen LogP contribution is 2.16. The Labute approximate surface area is 148 Å². The van der Waals surface area contributed by atoms with Gasteiger partial charge in [0.1, 0.15) is 17.3 Å². The summed E-state index contributed by atoms with van der Waals surface area (Å²) in [7, 11) is 0. The summed E-state index contributed by atoms with van der Waals surface area (Å²) < 4.78 is 5.60. The number of furan rings is 1. The van der Waals surface area contributed by atoms with Crippen molar-refractivity contribution in [1.82, 2.24) is 15.2 Å². The van der Waals surface area contributed by atoms with Gasteiger partial charge in [-0.15, -0.1) is 0 Å². The molecule has 1 fully saturated rings. The molecule has 2 aromatic rings. The SMILES string of the molecule is Cc1ccc(C(C)NCCC(=O)N2CCN(c3ccccn3)CC2)o1. The highest BCUT2D eigenvalue weighted by molar-refractivity contribution is 5.76. The van der Waals surface area contributed by atoms with Crippen molar-refractivity contribution in [3.05, 3.63) is 48.0 Å². The van der Waals surface area contributed by atoms with Gasteiger partial charge in [-0.2, -0.15) is 0 Å². The molecular formula is C19H26N4O2. The Kier molecular flexibility index (Phi) is 5.71. The molecule has 0 aromatic carbocycles. The highest BCUT2D eigenvalue weighted by atomic mass is 16.3. The lowest BCUT2D eigenvalue weighted by atomic mass is 10.2. The molecule has 1 aliphatic heterocycles. The summed E-state index contributed by atoms with van der Waals surface area (Å²) in [5.41, 5.74) is 0. The van der Waals surface area contributed by atoms with Crippen LogP contribution in [-0.2, 0) is 4.79 Å². The Balaban J connectivity index is 1.39. The molecule has 1 N–H and O–H groups in total. The van der Waals surface area contributed by atoms with Crippen LogP contribution in [0.25, 0.3) is 0 Å². The van der Waals surface area contributed by atoms with Crippen molar-refractivity contribution < 1.29 is 9.21 Å². The second-order valence-corrected chi connectivity index (χ2v) is 6.43. The number of aromatic nitrogens is 1. The van der Waals surface area contributed by atoms with E-state index < -0.39 is 0 Å². The van der Waals surface area contributed by atoms with E-state index in [1.165, 1.54) is 0 Å². The number of pyridine rings is 1. The first-order chi connectivity index (χ1) is 12.1. The molecule has 25 heavy (non-hydrogen) atoms. The molecule has 6 nitrogen and oxygen atoms in total. The van der Waals surface area contributed by atoms with E-state index in [4.69, 9.17) is 4.42 Å². The quantitative estimate of drug-likeness (QED) is 0.873. The Morgan fingerprint density at radius 2 is 2.04 bits per heavy atom. The molecule has 0 spiro atoms. The van der Waals surface area contributed by atoms with Crippen LogP contribution in [-0.4, -0.2) is 48.5 Å². The summed E-state index contributed by atoms with van der Waals surface area (Å²) in [5.74, 6) is 3.01. The molecule has 0 radical (unpaired) electrons. The molecule has 6 heteroatoms. The van der Waals surface area contributed by atoms with Gasteiger partial charge in [0.05, 0.1) is 6.04 Å². The number of piperazine rings is 1. The van der Waals surface area contributed by atoms with Crippen LogP contribution in [0.15, 0.2) is 40.9 Å². The van der Waals surface area contributed by atoms with Crippen LogP contribution in [0.3, 0.4) is 0 Å². The Bertz CT molecular complexity index is 678. The minimum atomic E-state index is 0.113. The Hall–Kier alpha value is -2.34. The number of carbonyl (C=O) groups is 1. The normalized spacial score (nSPS) is 16.1. The van der Waals surface area contributed by atoms with Gasteiger partial charge in [-0.1, -0.05) is 6.07 Å². The minimum Gasteiger partial charge on any atom is -0.465 e. The molecule has 2 aromatic heterocycles. The average molecular weight is 342 g/mol. The van der Waals surface area contributed by atoms with Crippen LogP contribution in [0, 0.1) is 6.92 Å². The summed E-state index contributed by atoms with van der Waals surface area (Å²) in [4.78, 5) is 20.9. The summed E-state index contributed by atoms with van der Waals surface area (Å²) in [5, 5.41) is 3.36. The van der Waals surface area contributed by atoms with Gasteiger partial charge in [0.2, 0.25) is 5.91 Å². The van der Waals surface area contributed by atoms with Crippen molar-refractivity contribution in [2.24, 2.45) is 0 Å². The third-order valence-corrected chi connectivity index (χ3v) is 4.58. The minimum absolute atomic E-state index is 0.113. The Morgan fingerprint density at radius 1 is 1.24 bits per heavy atom. The van der Waals surface area contributed by atoms with Crippen LogP contribution in [0.2, 0.25) is 0 Å². The first-order valence-corrected chi connectivity index (χ1v) is 8.87. The molecule has 3 heterocycles. The number of hydrogen-bond donors (Lipinski definition) is 1. The summed E-state index contributed by atoms with van der Waals surface area (Å²) in [6, 6.07) is 9.97. The molecule has 1 saturated heterocycles. The fraction of sp³-hybridized carbons (Fsp3) is 0.474. The number of carbonyl (C=O) groups excluding carboxylic acids is 1. The third kappa shape index (κ3) is 4.60. The third-order valence-electron chi connectivity index (χ3n) is 4.58. The lowest BCUT2D eigenvalue weighted by Crippen LogP contribution is -2.49. The van der Waals surface area contributed by atoms with E-state index in [9.17, 15) is 4.79 Å². The predicted molar refractivity (Wildman–Crippen MR) is 97.5 cm³/mol. The zero-order valence-electron chi connectivity index (χ0n) is 14.9. The number of nitrogens with one attached hydrogen (secondary N) is 1. The maximum atomic E-state index is 12.4. The van der Waals surface area contributed by atoms with Gasteiger partial charge in [-0.25, -0.2) is 4.98 Å². The first kappa shape index (κ1) is 17.5. The van der Waals surface area contributed by atoms with Gasteiger partial charge in [-0.05, 0) is 38.1 Å². The van der Waals surface area contributed by atoms with Crippen molar-refractivity contribution in [3.63, 3.8) is 0 Å². The number of anilines is 1. The van der Waals surface area contributed by atoms with Crippen LogP contribution in [0.4, 0.5) is 5.82 Å². The smallest absolute Gasteiger partial charge is 0.223 e. The lowest BCUT2D eigenvalue weighted by molar-refractivity contribution is -0.131. The topological polar surface area (TPSA) is 61.6 Å². The maximum absolute atomic E-state index is 12.4. The lowest BCUT2D eigenvalue weighted by Gasteiger charge is -2.35. The van der Waals surface area contributed by atoms with Crippen molar-refractivity contribution >= 4 is 11.7 Å². The van der Waals surface area contributed by atoms with E-state index in [0.29, 0.717) is 13.0 Å². The van der Waals surface area contributed by atoms with E-state index in [0.717, 1.165) is 43.5 Å². The predicted octanol–water partition coefficient (Wildman–Crippen LogP) is 2.37. The van der Waals surface area contributed by atoms with Crippen molar-refractivity contribution in [2.75, 3.05) is 37.6 Å². The van der Waals surface area contributed by atoms with Crippen LogP contribution in [0.5, 0.6) is 0 Å². The summed E-state index contributed by atoms with van der Waals surface area (Å²) in [6.07, 6.45) is 2.31. The van der Waals surface area contributed by atoms with Gasteiger partial charge in [0.15, 0.2) is 0 Å². The molecule has 1 aliphatic rings. The first-order valence-electron chi connectivity index (χ1n) is 8.87. The largest absolute Gasteiger partial charge is 0.465 e. The molecule has 0 bridgehead atoms.